The van der Waals surface area contributed by atoms with E-state index in [-0.39, 0.29) is 35.2 Å². The van der Waals surface area contributed by atoms with Crippen LogP contribution in [-0.2, 0) is 9.47 Å². The lowest BCUT2D eigenvalue weighted by atomic mass is 9.93. The van der Waals surface area contributed by atoms with Gasteiger partial charge in [-0.25, -0.2) is 0 Å². The third-order valence-corrected chi connectivity index (χ3v) is 3.90. The number of rotatable bonds is 8. The van der Waals surface area contributed by atoms with Gasteiger partial charge in [-0.15, -0.1) is 0 Å². The van der Waals surface area contributed by atoms with Crippen LogP contribution in [0, 0.1) is 0 Å². The number of carbonyl (C=O) groups is 1. The van der Waals surface area contributed by atoms with Crippen LogP contribution in [0.2, 0.25) is 0 Å². The number of phenols is 1. The molecule has 1 atom stereocenters. The predicted molar refractivity (Wildman–Crippen MR) is 95.7 cm³/mol. The monoisotopic (exact) mass is 346 g/mol. The fourth-order valence-electron chi connectivity index (χ4n) is 2.71. The number of aliphatic hydroxyl groups is 1. The average Bonchev–Trinajstić information content (AvgIpc) is 2.54. The van der Waals surface area contributed by atoms with E-state index in [1.165, 1.54) is 18.2 Å². The summed E-state index contributed by atoms with van der Waals surface area (Å²) in [6, 6.07) is 6.27. The number of phenolic OH excluding ortho intramolecular Hbond substituents is 1. The number of carbonyl (C=O) groups excluding carboxylic acids is 1. The lowest BCUT2D eigenvalue weighted by molar-refractivity contribution is -0.225. The van der Waals surface area contributed by atoms with Gasteiger partial charge in [0.05, 0.1) is 30.3 Å². The number of hydrogen-bond acceptors (Lipinski definition) is 5. The van der Waals surface area contributed by atoms with Gasteiger partial charge in [0, 0.05) is 0 Å². The zero-order valence-electron chi connectivity index (χ0n) is 15.0. The molecule has 25 heavy (non-hydrogen) atoms. The van der Waals surface area contributed by atoms with Crippen molar-refractivity contribution in [3.8, 4) is 5.75 Å². The molecule has 0 aliphatic heterocycles. The molecule has 1 unspecified atom stereocenters. The predicted octanol–water partition coefficient (Wildman–Crippen LogP) is 4.28. The minimum atomic E-state index is -1.07. The number of ether oxygens (including phenoxy) is 2. The number of aliphatic hydroxyl groups excluding tert-OH is 1. The number of unbranched alkanes of at least 4 members (excludes halogenated alkanes) is 1. The van der Waals surface area contributed by atoms with Crippen LogP contribution in [0.1, 0.15) is 50.4 Å². The van der Waals surface area contributed by atoms with Gasteiger partial charge in [-0.1, -0.05) is 25.5 Å². The third-order valence-electron chi connectivity index (χ3n) is 3.90. The molecule has 0 bridgehead atoms. The van der Waals surface area contributed by atoms with Crippen LogP contribution < -0.4 is 0 Å². The van der Waals surface area contributed by atoms with E-state index in [9.17, 15) is 15.0 Å². The minimum absolute atomic E-state index is 0.0556. The SMILES string of the molecule is CCCCOC1(OC(C)C)C=CC(C(=O)c2ccccc2O)=C(O)C1. The second kappa shape index (κ2) is 8.32. The highest BCUT2D eigenvalue weighted by atomic mass is 16.7. The molecule has 1 aliphatic rings. The van der Waals surface area contributed by atoms with Gasteiger partial charge in [0.2, 0.25) is 0 Å². The Balaban J connectivity index is 2.24. The summed E-state index contributed by atoms with van der Waals surface area (Å²) in [5.41, 5.74) is 0.293. The first-order chi connectivity index (χ1) is 11.9. The highest BCUT2D eigenvalue weighted by molar-refractivity contribution is 6.12. The zero-order chi connectivity index (χ0) is 18.4. The molecule has 0 aromatic heterocycles. The van der Waals surface area contributed by atoms with E-state index in [0.717, 1.165) is 12.8 Å². The lowest BCUT2D eigenvalue weighted by Gasteiger charge is -2.35. The summed E-state index contributed by atoms with van der Waals surface area (Å²) in [7, 11) is 0. The summed E-state index contributed by atoms with van der Waals surface area (Å²) >= 11 is 0. The van der Waals surface area contributed by atoms with Crippen molar-refractivity contribution in [1.82, 2.24) is 0 Å². The molecule has 5 nitrogen and oxygen atoms in total. The van der Waals surface area contributed by atoms with E-state index in [0.29, 0.717) is 6.61 Å². The Morgan fingerprint density at radius 1 is 1.28 bits per heavy atom. The lowest BCUT2D eigenvalue weighted by Crippen LogP contribution is -2.39. The molecule has 0 spiro atoms. The topological polar surface area (TPSA) is 76.0 Å². The minimum Gasteiger partial charge on any atom is -0.511 e. The highest BCUT2D eigenvalue weighted by Crippen LogP contribution is 2.33. The molecule has 1 aromatic rings. The van der Waals surface area contributed by atoms with Crippen LogP contribution >= 0.6 is 0 Å². The van der Waals surface area contributed by atoms with Crippen LogP contribution in [0.4, 0.5) is 0 Å². The summed E-state index contributed by atoms with van der Waals surface area (Å²) in [4.78, 5) is 12.6. The molecular formula is C20H26O5. The fraction of sp³-hybridized carbons (Fsp3) is 0.450. The second-order valence-corrected chi connectivity index (χ2v) is 6.40. The number of hydrogen-bond donors (Lipinski definition) is 2. The molecule has 1 aliphatic carbocycles. The van der Waals surface area contributed by atoms with Crippen LogP contribution in [0.25, 0.3) is 0 Å². The van der Waals surface area contributed by atoms with Gasteiger partial charge in [-0.05, 0) is 44.6 Å². The standard InChI is InChI=1S/C20H26O5/c1-4-5-12-24-20(25-14(2)3)11-10-16(18(22)13-20)19(23)15-8-6-7-9-17(15)21/h6-11,14,21-22H,4-5,12-13H2,1-3H3. The zero-order valence-corrected chi connectivity index (χ0v) is 15.0. The molecule has 0 saturated heterocycles. The Kier molecular flexibility index (Phi) is 6.39. The van der Waals surface area contributed by atoms with Gasteiger partial charge >= 0.3 is 0 Å². The van der Waals surface area contributed by atoms with Gasteiger partial charge in [0.15, 0.2) is 11.6 Å². The van der Waals surface area contributed by atoms with E-state index < -0.39 is 11.6 Å². The molecule has 5 heteroatoms. The van der Waals surface area contributed by atoms with Gasteiger partial charge < -0.3 is 19.7 Å². The summed E-state index contributed by atoms with van der Waals surface area (Å²) in [5.74, 6) is -1.72. The molecule has 0 fully saturated rings. The van der Waals surface area contributed by atoms with Crippen molar-refractivity contribution >= 4 is 5.78 Å². The smallest absolute Gasteiger partial charge is 0.200 e. The molecule has 0 radical (unpaired) electrons. The Bertz CT molecular complexity index is 674. The van der Waals surface area contributed by atoms with E-state index >= 15 is 0 Å². The third kappa shape index (κ3) is 4.71. The van der Waals surface area contributed by atoms with Crippen LogP contribution in [0.3, 0.4) is 0 Å². The molecule has 0 heterocycles. The number of Topliss-reactive ketones (excluding diaryl/α,β-unsaturated/α-hetero) is 1. The summed E-state index contributed by atoms with van der Waals surface area (Å²) in [5, 5.41) is 20.3. The van der Waals surface area contributed by atoms with Gasteiger partial charge in [0.25, 0.3) is 0 Å². The van der Waals surface area contributed by atoms with Gasteiger partial charge in [0.1, 0.15) is 11.5 Å². The van der Waals surface area contributed by atoms with E-state index in [1.807, 2.05) is 13.8 Å². The second-order valence-electron chi connectivity index (χ2n) is 6.40. The molecule has 0 amide bonds. The fourth-order valence-corrected chi connectivity index (χ4v) is 2.71. The van der Waals surface area contributed by atoms with Crippen LogP contribution in [0.5, 0.6) is 5.75 Å². The van der Waals surface area contributed by atoms with E-state index in [1.54, 1.807) is 18.2 Å². The average molecular weight is 346 g/mol. The maximum Gasteiger partial charge on any atom is 0.200 e. The number of para-hydroxylation sites is 1. The first-order valence-electron chi connectivity index (χ1n) is 8.64. The normalized spacial score (nSPS) is 20.3. The number of ketones is 1. The van der Waals surface area contributed by atoms with Gasteiger partial charge in [-0.3, -0.25) is 4.79 Å². The van der Waals surface area contributed by atoms with Crippen molar-refractivity contribution in [2.45, 2.75) is 51.9 Å². The number of allylic oxidation sites excluding steroid dienone is 2. The van der Waals surface area contributed by atoms with Crippen molar-refractivity contribution in [3.63, 3.8) is 0 Å². The summed E-state index contributed by atoms with van der Waals surface area (Å²) in [6.45, 7) is 6.35. The van der Waals surface area contributed by atoms with Crippen molar-refractivity contribution in [3.05, 3.63) is 53.3 Å². The van der Waals surface area contributed by atoms with Crippen LogP contribution in [-0.4, -0.2) is 34.5 Å². The molecule has 2 rings (SSSR count). The van der Waals surface area contributed by atoms with Crippen molar-refractivity contribution in [2.75, 3.05) is 6.61 Å². The van der Waals surface area contributed by atoms with E-state index in [2.05, 4.69) is 6.92 Å². The van der Waals surface area contributed by atoms with Crippen molar-refractivity contribution in [1.29, 1.82) is 0 Å². The Hall–Kier alpha value is -2.11. The van der Waals surface area contributed by atoms with E-state index in [4.69, 9.17) is 9.47 Å². The Morgan fingerprint density at radius 2 is 2.00 bits per heavy atom. The highest BCUT2D eigenvalue weighted by Gasteiger charge is 2.36. The van der Waals surface area contributed by atoms with Crippen molar-refractivity contribution < 1.29 is 24.5 Å². The first kappa shape index (κ1) is 19.2. The molecule has 1 aromatic carbocycles. The quantitative estimate of drug-likeness (QED) is 0.417. The summed E-state index contributed by atoms with van der Waals surface area (Å²) < 4.78 is 11.8. The Morgan fingerprint density at radius 3 is 2.60 bits per heavy atom. The first-order valence-corrected chi connectivity index (χ1v) is 8.64. The maximum atomic E-state index is 12.6. The van der Waals surface area contributed by atoms with Crippen molar-refractivity contribution in [2.24, 2.45) is 0 Å². The Labute approximate surface area is 148 Å². The number of benzene rings is 1. The molecule has 2 N–H and O–H groups in total. The molecular weight excluding hydrogens is 320 g/mol. The molecule has 0 saturated carbocycles. The van der Waals surface area contributed by atoms with Crippen LogP contribution in [0.15, 0.2) is 47.7 Å². The van der Waals surface area contributed by atoms with Gasteiger partial charge in [-0.2, -0.15) is 0 Å². The largest absolute Gasteiger partial charge is 0.511 e. The molecule has 136 valence electrons. The number of aromatic hydroxyl groups is 1. The summed E-state index contributed by atoms with van der Waals surface area (Å²) in [6.07, 6.45) is 5.01. The maximum absolute atomic E-state index is 12.6.